The van der Waals surface area contributed by atoms with Gasteiger partial charge in [-0.25, -0.2) is 0 Å². The summed E-state index contributed by atoms with van der Waals surface area (Å²) < 4.78 is 0. The molecule has 0 spiro atoms. The molecule has 0 saturated heterocycles. The molecule has 0 radical (unpaired) electrons. The minimum Gasteiger partial charge on any atom is -0.356 e. The van der Waals surface area contributed by atoms with Crippen LogP contribution >= 0.6 is 0 Å². The molecule has 1 rings (SSSR count). The fourth-order valence-corrected chi connectivity index (χ4v) is 1.91. The van der Waals surface area contributed by atoms with Gasteiger partial charge >= 0.3 is 0 Å². The van der Waals surface area contributed by atoms with Gasteiger partial charge in [-0.2, -0.15) is 0 Å². The summed E-state index contributed by atoms with van der Waals surface area (Å²) in [6, 6.07) is 0. The first kappa shape index (κ1) is 13.5. The van der Waals surface area contributed by atoms with E-state index in [0.717, 1.165) is 13.1 Å². The lowest BCUT2D eigenvalue weighted by Gasteiger charge is -2.38. The van der Waals surface area contributed by atoms with Gasteiger partial charge in [0.2, 0.25) is 5.91 Å². The van der Waals surface area contributed by atoms with Crippen LogP contribution in [0, 0.1) is 5.41 Å². The lowest BCUT2D eigenvalue weighted by Crippen LogP contribution is -2.42. The van der Waals surface area contributed by atoms with E-state index in [1.165, 1.54) is 19.3 Å². The summed E-state index contributed by atoms with van der Waals surface area (Å²) in [7, 11) is 0. The number of amides is 1. The van der Waals surface area contributed by atoms with Gasteiger partial charge in [0.15, 0.2) is 0 Å². The third-order valence-electron chi connectivity index (χ3n) is 3.28. The zero-order valence-electron chi connectivity index (χ0n) is 11.2. The maximum absolute atomic E-state index is 11.6. The van der Waals surface area contributed by atoms with Crippen molar-refractivity contribution in [3.63, 3.8) is 0 Å². The summed E-state index contributed by atoms with van der Waals surface area (Å²) in [5.41, 5.74) is 0.480. The summed E-state index contributed by atoms with van der Waals surface area (Å²) in [4.78, 5) is 11.6. The van der Waals surface area contributed by atoms with Crippen LogP contribution in [0.25, 0.3) is 0 Å². The number of nitrogens with one attached hydrogen (secondary N) is 2. The predicted octanol–water partition coefficient (Wildman–Crippen LogP) is 2.07. The minimum absolute atomic E-state index is 0.0975. The Morgan fingerprint density at radius 2 is 1.94 bits per heavy atom. The molecule has 0 aromatic carbocycles. The van der Waals surface area contributed by atoms with Gasteiger partial charge in [-0.1, -0.05) is 13.3 Å². The summed E-state index contributed by atoms with van der Waals surface area (Å²) in [5.74, 6) is 0.171. The van der Waals surface area contributed by atoms with E-state index in [0.29, 0.717) is 11.8 Å². The van der Waals surface area contributed by atoms with Gasteiger partial charge in [0, 0.05) is 25.0 Å². The molecule has 0 heterocycles. The van der Waals surface area contributed by atoms with Gasteiger partial charge in [-0.05, 0) is 39.0 Å². The highest BCUT2D eigenvalue weighted by Gasteiger charge is 2.31. The van der Waals surface area contributed by atoms with Crippen LogP contribution in [0.1, 0.15) is 53.4 Å². The molecule has 1 fully saturated rings. The standard InChI is InChI=1S/C13H26N2O/c1-12(2,3)15-9-6-11(16)14-10-13(4)7-5-8-13/h15H,5-10H2,1-4H3,(H,14,16). The molecule has 16 heavy (non-hydrogen) atoms. The van der Waals surface area contributed by atoms with Gasteiger partial charge in [0.05, 0.1) is 0 Å². The van der Waals surface area contributed by atoms with E-state index < -0.39 is 0 Å². The number of rotatable bonds is 5. The van der Waals surface area contributed by atoms with Crippen LogP contribution in [0.2, 0.25) is 0 Å². The van der Waals surface area contributed by atoms with Crippen LogP contribution in [0.5, 0.6) is 0 Å². The Labute approximate surface area is 99.4 Å². The molecule has 1 saturated carbocycles. The number of carbonyl (C=O) groups is 1. The second-order valence-corrected chi connectivity index (χ2v) is 6.37. The first-order chi connectivity index (χ1) is 7.31. The van der Waals surface area contributed by atoms with Gasteiger partial charge < -0.3 is 10.6 Å². The van der Waals surface area contributed by atoms with E-state index in [1.807, 2.05) is 0 Å². The molecule has 0 aromatic heterocycles. The van der Waals surface area contributed by atoms with Gasteiger partial charge in [-0.3, -0.25) is 4.79 Å². The van der Waals surface area contributed by atoms with E-state index in [4.69, 9.17) is 0 Å². The van der Waals surface area contributed by atoms with E-state index in [1.54, 1.807) is 0 Å². The summed E-state index contributed by atoms with van der Waals surface area (Å²) in [5, 5.41) is 6.35. The van der Waals surface area contributed by atoms with E-state index in [2.05, 4.69) is 38.3 Å². The van der Waals surface area contributed by atoms with Crippen LogP contribution in [0.3, 0.4) is 0 Å². The van der Waals surface area contributed by atoms with Crippen molar-refractivity contribution >= 4 is 5.91 Å². The largest absolute Gasteiger partial charge is 0.356 e. The van der Waals surface area contributed by atoms with Crippen molar-refractivity contribution in [2.75, 3.05) is 13.1 Å². The van der Waals surface area contributed by atoms with Crippen molar-refractivity contribution in [3.8, 4) is 0 Å². The topological polar surface area (TPSA) is 41.1 Å². The van der Waals surface area contributed by atoms with Crippen molar-refractivity contribution in [1.29, 1.82) is 0 Å². The van der Waals surface area contributed by atoms with E-state index in [9.17, 15) is 4.79 Å². The molecule has 3 heteroatoms. The maximum Gasteiger partial charge on any atom is 0.221 e. The SMILES string of the molecule is CC1(CNC(=O)CCNC(C)(C)C)CCC1. The van der Waals surface area contributed by atoms with Crippen LogP contribution < -0.4 is 10.6 Å². The highest BCUT2D eigenvalue weighted by atomic mass is 16.1. The molecule has 2 N–H and O–H groups in total. The fraction of sp³-hybridized carbons (Fsp3) is 0.923. The smallest absolute Gasteiger partial charge is 0.221 e. The van der Waals surface area contributed by atoms with Crippen molar-refractivity contribution < 1.29 is 4.79 Å². The quantitative estimate of drug-likeness (QED) is 0.753. The zero-order valence-corrected chi connectivity index (χ0v) is 11.2. The lowest BCUT2D eigenvalue weighted by molar-refractivity contribution is -0.121. The van der Waals surface area contributed by atoms with Gasteiger partial charge in [0.25, 0.3) is 0 Å². The Morgan fingerprint density at radius 3 is 2.38 bits per heavy atom. The molecule has 0 aromatic rings. The fourth-order valence-electron chi connectivity index (χ4n) is 1.91. The molecule has 0 unspecified atom stereocenters. The second-order valence-electron chi connectivity index (χ2n) is 6.37. The first-order valence-electron chi connectivity index (χ1n) is 6.33. The third kappa shape index (κ3) is 4.97. The first-order valence-corrected chi connectivity index (χ1v) is 6.33. The average Bonchev–Trinajstić information content (AvgIpc) is 2.09. The molecule has 1 aliphatic carbocycles. The van der Waals surface area contributed by atoms with E-state index in [-0.39, 0.29) is 11.4 Å². The highest BCUT2D eigenvalue weighted by molar-refractivity contribution is 5.76. The minimum atomic E-state index is 0.0975. The zero-order chi connectivity index (χ0) is 12.2. The molecule has 94 valence electrons. The van der Waals surface area contributed by atoms with Crippen molar-refractivity contribution in [2.45, 2.75) is 58.9 Å². The summed E-state index contributed by atoms with van der Waals surface area (Å²) >= 11 is 0. The molecule has 0 atom stereocenters. The highest BCUT2D eigenvalue weighted by Crippen LogP contribution is 2.39. The average molecular weight is 226 g/mol. The second kappa shape index (κ2) is 5.17. The Kier molecular flexibility index (Phi) is 4.36. The summed E-state index contributed by atoms with van der Waals surface area (Å²) in [6.07, 6.45) is 4.41. The molecule has 3 nitrogen and oxygen atoms in total. The Balaban J connectivity index is 2.07. The maximum atomic E-state index is 11.6. The number of carbonyl (C=O) groups excluding carboxylic acids is 1. The van der Waals surface area contributed by atoms with Crippen LogP contribution in [0.15, 0.2) is 0 Å². The Morgan fingerprint density at radius 1 is 1.31 bits per heavy atom. The predicted molar refractivity (Wildman–Crippen MR) is 67.3 cm³/mol. The van der Waals surface area contributed by atoms with Gasteiger partial charge in [0.1, 0.15) is 0 Å². The van der Waals surface area contributed by atoms with Crippen LogP contribution in [-0.2, 0) is 4.79 Å². The Hall–Kier alpha value is -0.570. The summed E-state index contributed by atoms with van der Waals surface area (Å²) in [6.45, 7) is 10.2. The molecule has 1 aliphatic rings. The molecular formula is C13H26N2O. The molecule has 1 amide bonds. The van der Waals surface area contributed by atoms with Crippen molar-refractivity contribution in [1.82, 2.24) is 10.6 Å². The van der Waals surface area contributed by atoms with Crippen molar-refractivity contribution in [3.05, 3.63) is 0 Å². The lowest BCUT2D eigenvalue weighted by atomic mass is 9.70. The van der Waals surface area contributed by atoms with E-state index >= 15 is 0 Å². The number of hydrogen-bond acceptors (Lipinski definition) is 2. The number of hydrogen-bond donors (Lipinski definition) is 2. The molecule has 0 bridgehead atoms. The van der Waals surface area contributed by atoms with Crippen LogP contribution in [-0.4, -0.2) is 24.5 Å². The third-order valence-corrected chi connectivity index (χ3v) is 3.28. The van der Waals surface area contributed by atoms with Crippen LogP contribution in [0.4, 0.5) is 0 Å². The van der Waals surface area contributed by atoms with Crippen molar-refractivity contribution in [2.24, 2.45) is 5.41 Å². The van der Waals surface area contributed by atoms with Gasteiger partial charge in [-0.15, -0.1) is 0 Å². The normalized spacial score (nSPS) is 19.0. The Bertz CT molecular complexity index is 239. The molecule has 0 aliphatic heterocycles. The molecular weight excluding hydrogens is 200 g/mol. The monoisotopic (exact) mass is 226 g/mol.